The van der Waals surface area contributed by atoms with Crippen LogP contribution in [0, 0.1) is 5.21 Å². The third-order valence-electron chi connectivity index (χ3n) is 4.18. The molecule has 0 N–H and O–H groups in total. The average Bonchev–Trinajstić information content (AvgIpc) is 2.49. The zero-order chi connectivity index (χ0) is 14.4. The largest absolute Gasteiger partial charge is 0.714 e. The van der Waals surface area contributed by atoms with Gasteiger partial charge in [-0.05, 0) is 39.8 Å². The Bertz CT molecular complexity index is 562. The van der Waals surface area contributed by atoms with Crippen molar-refractivity contribution < 1.29 is 14.7 Å². The summed E-state index contributed by atoms with van der Waals surface area (Å²) < 4.78 is 0.740. The van der Waals surface area contributed by atoms with E-state index in [0.717, 1.165) is 9.80 Å². The molecule has 1 radical (unpaired) electrons. The first kappa shape index (κ1) is 13.5. The number of nitrogens with zero attached hydrogens (tertiary/aromatic N) is 2. The lowest BCUT2D eigenvalue weighted by Gasteiger charge is -2.32. The Kier molecular flexibility index (Phi) is 2.90. The van der Waals surface area contributed by atoms with Gasteiger partial charge >= 0.3 is 5.84 Å². The third kappa shape index (κ3) is 1.73. The zero-order valence-corrected chi connectivity index (χ0v) is 11.5. The van der Waals surface area contributed by atoms with Crippen molar-refractivity contribution in [3.05, 3.63) is 40.6 Å². The molecule has 1 heterocycles. The van der Waals surface area contributed by atoms with Gasteiger partial charge in [-0.3, -0.25) is 9.53 Å². The van der Waals surface area contributed by atoms with Gasteiger partial charge in [0.05, 0.1) is 5.56 Å². The van der Waals surface area contributed by atoms with Gasteiger partial charge < -0.3 is 5.21 Å². The van der Waals surface area contributed by atoms with Gasteiger partial charge in [-0.15, -0.1) is 0 Å². The van der Waals surface area contributed by atoms with E-state index in [1.807, 2.05) is 0 Å². The van der Waals surface area contributed by atoms with E-state index in [0.29, 0.717) is 17.4 Å². The summed E-state index contributed by atoms with van der Waals surface area (Å²) >= 11 is 0. The maximum Gasteiger partial charge on any atom is 0.316 e. The highest BCUT2D eigenvalue weighted by atomic mass is 16.5. The van der Waals surface area contributed by atoms with Crippen LogP contribution in [-0.4, -0.2) is 33.0 Å². The molecule has 0 aliphatic carbocycles. The molecule has 0 spiro atoms. The molecule has 0 saturated heterocycles. The summed E-state index contributed by atoms with van der Waals surface area (Å²) in [5, 5.41) is 25.5. The molecule has 0 aromatic heterocycles. The van der Waals surface area contributed by atoms with Crippen LogP contribution in [-0.2, 0) is 5.21 Å². The fourth-order valence-electron chi connectivity index (χ4n) is 2.09. The number of hydroxylamine groups is 3. The maximum absolute atomic E-state index is 12.4. The van der Waals surface area contributed by atoms with Crippen LogP contribution in [0.3, 0.4) is 0 Å². The first-order valence-electron chi connectivity index (χ1n) is 6.11. The number of benzene rings is 1. The Morgan fingerprint density at radius 3 is 2.37 bits per heavy atom. The lowest BCUT2D eigenvalue weighted by Crippen LogP contribution is -2.53. The lowest BCUT2D eigenvalue weighted by atomic mass is 9.84. The van der Waals surface area contributed by atoms with Crippen molar-refractivity contribution in [1.82, 2.24) is 5.06 Å². The molecule has 5 heteroatoms. The number of hydrogen-bond donors (Lipinski definition) is 0. The molecule has 0 atom stereocenters. The molecule has 0 amide bonds. The summed E-state index contributed by atoms with van der Waals surface area (Å²) in [5.41, 5.74) is -0.787. The quantitative estimate of drug-likeness (QED) is 0.464. The standard InChI is InChI=1S/C14H17N2O3/c1-13(2)14(3,4)16(19)12(15(13)18)11-7-5-6-10(8-11)9-17/h5-9H,1-4H3. The zero-order valence-electron chi connectivity index (χ0n) is 11.5. The summed E-state index contributed by atoms with van der Waals surface area (Å²) in [5.74, 6) is 0.0544. The van der Waals surface area contributed by atoms with Crippen molar-refractivity contribution in [2.75, 3.05) is 0 Å². The Labute approximate surface area is 112 Å². The lowest BCUT2D eigenvalue weighted by molar-refractivity contribution is -0.539. The number of carbonyl (C=O) groups is 1. The molecule has 0 saturated carbocycles. The van der Waals surface area contributed by atoms with E-state index < -0.39 is 11.1 Å². The van der Waals surface area contributed by atoms with Crippen LogP contribution in [0.15, 0.2) is 24.3 Å². The SMILES string of the molecule is CC1(C)N([O])C(c2cccc(C=O)c2)=[N+]([O-])C1(C)C. The number of hydrogen-bond acceptors (Lipinski definition) is 3. The minimum atomic E-state index is -0.846. The molecule has 0 fully saturated rings. The molecule has 1 aliphatic heterocycles. The highest BCUT2D eigenvalue weighted by molar-refractivity contribution is 5.97. The van der Waals surface area contributed by atoms with Gasteiger partial charge in [-0.1, -0.05) is 17.2 Å². The van der Waals surface area contributed by atoms with Gasteiger partial charge in [0.2, 0.25) is 0 Å². The van der Waals surface area contributed by atoms with Gasteiger partial charge in [0.1, 0.15) is 11.8 Å². The summed E-state index contributed by atoms with van der Waals surface area (Å²) in [7, 11) is 0. The molecule has 0 unspecified atom stereocenters. The van der Waals surface area contributed by atoms with E-state index >= 15 is 0 Å². The van der Waals surface area contributed by atoms with E-state index in [-0.39, 0.29) is 5.84 Å². The molecule has 1 aromatic rings. The monoisotopic (exact) mass is 261 g/mol. The average molecular weight is 261 g/mol. The number of amidine groups is 1. The molecule has 2 rings (SSSR count). The summed E-state index contributed by atoms with van der Waals surface area (Å²) in [4.78, 5) is 10.8. The Balaban J connectivity index is 2.61. The Morgan fingerprint density at radius 1 is 1.26 bits per heavy atom. The van der Waals surface area contributed by atoms with Gasteiger partial charge in [0.25, 0.3) is 0 Å². The van der Waals surface area contributed by atoms with E-state index in [1.54, 1.807) is 52.0 Å². The third-order valence-corrected chi connectivity index (χ3v) is 4.18. The van der Waals surface area contributed by atoms with Crippen LogP contribution in [0.1, 0.15) is 43.6 Å². The second-order valence-corrected chi connectivity index (χ2v) is 5.77. The minimum Gasteiger partial charge on any atom is -0.714 e. The van der Waals surface area contributed by atoms with Crippen LogP contribution in [0.2, 0.25) is 0 Å². The van der Waals surface area contributed by atoms with Gasteiger partial charge in [-0.2, -0.15) is 0 Å². The van der Waals surface area contributed by atoms with Crippen molar-refractivity contribution in [2.24, 2.45) is 0 Å². The Morgan fingerprint density at radius 2 is 1.89 bits per heavy atom. The van der Waals surface area contributed by atoms with Crippen molar-refractivity contribution in [3.63, 3.8) is 0 Å². The highest BCUT2D eigenvalue weighted by Crippen LogP contribution is 2.37. The topological polar surface area (TPSA) is 66.3 Å². The summed E-state index contributed by atoms with van der Waals surface area (Å²) in [6.07, 6.45) is 0.694. The van der Waals surface area contributed by atoms with E-state index in [1.165, 1.54) is 0 Å². The smallest absolute Gasteiger partial charge is 0.316 e. The second kappa shape index (κ2) is 4.06. The summed E-state index contributed by atoms with van der Waals surface area (Å²) in [6.45, 7) is 6.95. The minimum absolute atomic E-state index is 0.0544. The van der Waals surface area contributed by atoms with Gasteiger partial charge in [0.15, 0.2) is 5.54 Å². The second-order valence-electron chi connectivity index (χ2n) is 5.77. The molecular weight excluding hydrogens is 244 g/mol. The predicted molar refractivity (Wildman–Crippen MR) is 70.2 cm³/mol. The fraction of sp³-hybridized carbons (Fsp3) is 0.429. The van der Waals surface area contributed by atoms with Crippen LogP contribution in [0.5, 0.6) is 0 Å². The highest BCUT2D eigenvalue weighted by Gasteiger charge is 2.59. The molecule has 0 bridgehead atoms. The molecule has 1 aliphatic rings. The molecule has 19 heavy (non-hydrogen) atoms. The molecule has 101 valence electrons. The number of aldehydes is 1. The molecule has 5 nitrogen and oxygen atoms in total. The first-order valence-corrected chi connectivity index (χ1v) is 6.11. The van der Waals surface area contributed by atoms with Crippen LogP contribution >= 0.6 is 0 Å². The number of rotatable bonds is 2. The van der Waals surface area contributed by atoms with Crippen LogP contribution in [0.4, 0.5) is 0 Å². The predicted octanol–water partition coefficient (Wildman–Crippen LogP) is 1.97. The first-order chi connectivity index (χ1) is 8.73. The normalized spacial score (nSPS) is 20.8. The van der Waals surface area contributed by atoms with Crippen molar-refractivity contribution >= 4 is 12.1 Å². The maximum atomic E-state index is 12.4. The number of carbonyl (C=O) groups excluding carboxylic acids is 1. The fourth-order valence-corrected chi connectivity index (χ4v) is 2.09. The van der Waals surface area contributed by atoms with Crippen LogP contribution in [0.25, 0.3) is 0 Å². The van der Waals surface area contributed by atoms with Gasteiger partial charge in [0, 0.05) is 10.8 Å². The molecule has 1 aromatic carbocycles. The van der Waals surface area contributed by atoms with Crippen molar-refractivity contribution in [2.45, 2.75) is 38.8 Å². The summed E-state index contributed by atoms with van der Waals surface area (Å²) in [6, 6.07) is 6.50. The van der Waals surface area contributed by atoms with E-state index in [9.17, 15) is 15.2 Å². The Hall–Kier alpha value is -1.88. The van der Waals surface area contributed by atoms with Crippen molar-refractivity contribution in [1.29, 1.82) is 0 Å². The molecular formula is C14H17N2O3. The van der Waals surface area contributed by atoms with E-state index in [2.05, 4.69) is 0 Å². The van der Waals surface area contributed by atoms with Gasteiger partial charge in [-0.25, -0.2) is 0 Å². The van der Waals surface area contributed by atoms with Crippen LogP contribution < -0.4 is 0 Å². The van der Waals surface area contributed by atoms with E-state index in [4.69, 9.17) is 0 Å². The van der Waals surface area contributed by atoms with Crippen molar-refractivity contribution in [3.8, 4) is 0 Å².